The summed E-state index contributed by atoms with van der Waals surface area (Å²) in [6, 6.07) is 15.7. The standard InChI is InChI=1S/C23H14F3N3O4S/c1-13-4-2-3-5-16(13)22-29-18-11-15(7-8-19(18)33-22)28-21(30)17-10-14(12-27)6-9-20(17)34(31,32)23(24,25)26/h2-11H,1H3,(H,28,30). The zero-order valence-corrected chi connectivity index (χ0v) is 18.2. The number of nitriles is 1. The van der Waals surface area contributed by atoms with Gasteiger partial charge in [0.1, 0.15) is 5.52 Å². The predicted octanol–water partition coefficient (Wildman–Crippen LogP) is 5.22. The Labute approximate surface area is 191 Å². The number of benzene rings is 3. The van der Waals surface area contributed by atoms with Crippen LogP contribution in [0.3, 0.4) is 0 Å². The van der Waals surface area contributed by atoms with Crippen LogP contribution in [0.1, 0.15) is 21.5 Å². The summed E-state index contributed by atoms with van der Waals surface area (Å²) in [6.45, 7) is 1.89. The van der Waals surface area contributed by atoms with E-state index >= 15 is 0 Å². The van der Waals surface area contributed by atoms with Gasteiger partial charge < -0.3 is 9.73 Å². The fourth-order valence-corrected chi connectivity index (χ4v) is 4.21. The molecule has 4 rings (SSSR count). The van der Waals surface area contributed by atoms with Gasteiger partial charge in [0.15, 0.2) is 5.58 Å². The summed E-state index contributed by atoms with van der Waals surface area (Å²) in [5.41, 5.74) is -4.01. The van der Waals surface area contributed by atoms with Crippen molar-refractivity contribution in [3.05, 3.63) is 77.4 Å². The second-order valence-electron chi connectivity index (χ2n) is 7.24. The highest BCUT2D eigenvalue weighted by Gasteiger charge is 2.48. The monoisotopic (exact) mass is 485 g/mol. The molecule has 4 aromatic rings. The van der Waals surface area contributed by atoms with Crippen molar-refractivity contribution in [1.82, 2.24) is 4.98 Å². The number of carbonyl (C=O) groups is 1. The number of oxazole rings is 1. The average molecular weight is 485 g/mol. The van der Waals surface area contributed by atoms with Gasteiger partial charge in [0, 0.05) is 11.3 Å². The van der Waals surface area contributed by atoms with Crippen LogP contribution in [0.5, 0.6) is 0 Å². The molecule has 0 aliphatic heterocycles. The van der Waals surface area contributed by atoms with Crippen molar-refractivity contribution in [2.75, 3.05) is 5.32 Å². The topological polar surface area (TPSA) is 113 Å². The Morgan fingerprint density at radius 3 is 2.50 bits per heavy atom. The SMILES string of the molecule is Cc1ccccc1-c1nc2cc(NC(=O)c3cc(C#N)ccc3S(=O)(=O)C(F)(F)F)ccc2o1. The van der Waals surface area contributed by atoms with Crippen molar-refractivity contribution in [1.29, 1.82) is 5.26 Å². The Hall–Kier alpha value is -4.17. The van der Waals surface area contributed by atoms with E-state index in [2.05, 4.69) is 10.3 Å². The first kappa shape index (κ1) is 23.0. The third kappa shape index (κ3) is 4.11. The number of aromatic nitrogens is 1. The van der Waals surface area contributed by atoms with E-state index in [0.29, 0.717) is 23.1 Å². The highest BCUT2D eigenvalue weighted by molar-refractivity contribution is 7.92. The van der Waals surface area contributed by atoms with Crippen LogP contribution in [-0.2, 0) is 9.84 Å². The molecule has 0 saturated heterocycles. The fourth-order valence-electron chi connectivity index (χ4n) is 3.27. The molecular weight excluding hydrogens is 471 g/mol. The molecule has 11 heteroatoms. The molecule has 1 aromatic heterocycles. The second-order valence-corrected chi connectivity index (χ2v) is 9.15. The molecule has 0 bridgehead atoms. The zero-order valence-electron chi connectivity index (χ0n) is 17.3. The molecule has 1 amide bonds. The summed E-state index contributed by atoms with van der Waals surface area (Å²) < 4.78 is 69.0. The fraction of sp³-hybridized carbons (Fsp3) is 0.0870. The maximum absolute atomic E-state index is 13.1. The molecule has 1 heterocycles. The van der Waals surface area contributed by atoms with Crippen molar-refractivity contribution in [3.63, 3.8) is 0 Å². The van der Waals surface area contributed by atoms with E-state index in [1.165, 1.54) is 18.2 Å². The van der Waals surface area contributed by atoms with E-state index in [0.717, 1.165) is 23.3 Å². The van der Waals surface area contributed by atoms with E-state index < -0.39 is 31.7 Å². The van der Waals surface area contributed by atoms with Crippen LogP contribution in [-0.4, -0.2) is 24.8 Å². The Bertz CT molecular complexity index is 1590. The number of aryl methyl sites for hydroxylation is 1. The Morgan fingerprint density at radius 2 is 1.82 bits per heavy atom. The second kappa shape index (κ2) is 8.31. The number of rotatable bonds is 4. The minimum Gasteiger partial charge on any atom is -0.436 e. The number of halogens is 3. The Balaban J connectivity index is 1.71. The van der Waals surface area contributed by atoms with E-state index in [4.69, 9.17) is 9.68 Å². The van der Waals surface area contributed by atoms with Crippen LogP contribution in [0.15, 0.2) is 70.0 Å². The summed E-state index contributed by atoms with van der Waals surface area (Å²) in [6.07, 6.45) is 0. The molecule has 0 radical (unpaired) electrons. The molecule has 0 aliphatic carbocycles. The van der Waals surface area contributed by atoms with E-state index in [1.807, 2.05) is 31.2 Å². The van der Waals surface area contributed by atoms with Crippen LogP contribution in [0.25, 0.3) is 22.6 Å². The molecule has 34 heavy (non-hydrogen) atoms. The maximum Gasteiger partial charge on any atom is 0.501 e. The van der Waals surface area contributed by atoms with Gasteiger partial charge >= 0.3 is 5.51 Å². The maximum atomic E-state index is 13.1. The molecule has 172 valence electrons. The number of carbonyl (C=O) groups excluding carboxylic acids is 1. The van der Waals surface area contributed by atoms with Gasteiger partial charge in [-0.25, -0.2) is 13.4 Å². The highest BCUT2D eigenvalue weighted by atomic mass is 32.2. The van der Waals surface area contributed by atoms with Crippen molar-refractivity contribution in [3.8, 4) is 17.5 Å². The number of fused-ring (bicyclic) bond motifs is 1. The molecule has 1 N–H and O–H groups in total. The first-order valence-electron chi connectivity index (χ1n) is 9.65. The van der Waals surface area contributed by atoms with Gasteiger partial charge in [-0.15, -0.1) is 0 Å². The van der Waals surface area contributed by atoms with E-state index in [9.17, 15) is 26.4 Å². The van der Waals surface area contributed by atoms with Crippen molar-refractivity contribution >= 4 is 32.5 Å². The van der Waals surface area contributed by atoms with Crippen molar-refractivity contribution < 1.29 is 30.8 Å². The van der Waals surface area contributed by atoms with Crippen LogP contribution >= 0.6 is 0 Å². The van der Waals surface area contributed by atoms with Crippen molar-refractivity contribution in [2.45, 2.75) is 17.3 Å². The number of hydrogen-bond acceptors (Lipinski definition) is 6. The number of nitrogens with one attached hydrogen (secondary N) is 1. The van der Waals surface area contributed by atoms with Gasteiger partial charge in [-0.1, -0.05) is 18.2 Å². The summed E-state index contributed by atoms with van der Waals surface area (Å²) in [5, 5.41) is 11.4. The molecule has 3 aromatic carbocycles. The van der Waals surface area contributed by atoms with Crippen molar-refractivity contribution in [2.24, 2.45) is 0 Å². The number of anilines is 1. The average Bonchev–Trinajstić information content (AvgIpc) is 3.21. The summed E-state index contributed by atoms with van der Waals surface area (Å²) in [5.74, 6) is -0.793. The Kier molecular flexibility index (Phi) is 5.62. The molecule has 0 saturated carbocycles. The van der Waals surface area contributed by atoms with Gasteiger partial charge in [0.05, 0.1) is 22.1 Å². The lowest BCUT2D eigenvalue weighted by Gasteiger charge is -2.13. The van der Waals surface area contributed by atoms with Gasteiger partial charge in [-0.05, 0) is 55.0 Å². The van der Waals surface area contributed by atoms with Gasteiger partial charge in [-0.2, -0.15) is 18.4 Å². The normalized spacial score (nSPS) is 11.9. The third-order valence-electron chi connectivity index (χ3n) is 4.97. The van der Waals surface area contributed by atoms with E-state index in [1.54, 1.807) is 6.07 Å². The van der Waals surface area contributed by atoms with Gasteiger partial charge in [0.2, 0.25) is 5.89 Å². The van der Waals surface area contributed by atoms with Crippen LogP contribution in [0.2, 0.25) is 0 Å². The first-order chi connectivity index (χ1) is 16.0. The van der Waals surface area contributed by atoms with Crippen LogP contribution < -0.4 is 5.32 Å². The quantitative estimate of drug-likeness (QED) is 0.424. The largest absolute Gasteiger partial charge is 0.501 e. The first-order valence-corrected chi connectivity index (χ1v) is 11.1. The molecule has 0 unspecified atom stereocenters. The van der Waals surface area contributed by atoms with Crippen LogP contribution in [0.4, 0.5) is 18.9 Å². The predicted molar refractivity (Wildman–Crippen MR) is 117 cm³/mol. The summed E-state index contributed by atoms with van der Waals surface area (Å²) in [7, 11) is -5.83. The molecular formula is C23H14F3N3O4S. The minimum atomic E-state index is -5.83. The number of amides is 1. The third-order valence-corrected chi connectivity index (χ3v) is 6.51. The number of hydrogen-bond donors (Lipinski definition) is 1. The molecule has 0 atom stereocenters. The van der Waals surface area contributed by atoms with E-state index in [-0.39, 0.29) is 11.3 Å². The number of alkyl halides is 3. The number of nitrogens with zero attached hydrogens (tertiary/aromatic N) is 2. The molecule has 0 spiro atoms. The molecule has 0 fully saturated rings. The Morgan fingerprint density at radius 1 is 1.09 bits per heavy atom. The minimum absolute atomic E-state index is 0.139. The lowest BCUT2D eigenvalue weighted by Crippen LogP contribution is -2.26. The molecule has 0 aliphatic rings. The van der Waals surface area contributed by atoms with Gasteiger partial charge in [0.25, 0.3) is 15.7 Å². The lowest BCUT2D eigenvalue weighted by atomic mass is 10.1. The van der Waals surface area contributed by atoms with Crippen LogP contribution in [0, 0.1) is 18.3 Å². The summed E-state index contributed by atoms with van der Waals surface area (Å²) >= 11 is 0. The molecule has 7 nitrogen and oxygen atoms in total. The van der Waals surface area contributed by atoms with Gasteiger partial charge in [-0.3, -0.25) is 4.79 Å². The lowest BCUT2D eigenvalue weighted by molar-refractivity contribution is -0.0436. The highest BCUT2D eigenvalue weighted by Crippen LogP contribution is 2.33. The number of sulfone groups is 1. The smallest absolute Gasteiger partial charge is 0.436 e. The summed E-state index contributed by atoms with van der Waals surface area (Å²) in [4.78, 5) is 15.9. The zero-order chi connectivity index (χ0) is 24.7.